The molecular formula is C16H24N2O2. The second-order valence-corrected chi connectivity index (χ2v) is 5.56. The van der Waals surface area contributed by atoms with E-state index in [2.05, 4.69) is 0 Å². The third-order valence-electron chi connectivity index (χ3n) is 4.13. The fraction of sp³-hybridized carbons (Fsp3) is 0.562. The molecule has 20 heavy (non-hydrogen) atoms. The van der Waals surface area contributed by atoms with Crippen LogP contribution in [-0.4, -0.2) is 41.1 Å². The van der Waals surface area contributed by atoms with Crippen molar-refractivity contribution in [2.75, 3.05) is 20.1 Å². The molecule has 1 unspecified atom stereocenters. The van der Waals surface area contributed by atoms with Crippen LogP contribution in [-0.2, 0) is 0 Å². The molecule has 1 aromatic rings. The van der Waals surface area contributed by atoms with Gasteiger partial charge >= 0.3 is 6.03 Å². The highest BCUT2D eigenvalue weighted by atomic mass is 16.3. The number of rotatable bonds is 2. The fourth-order valence-corrected chi connectivity index (χ4v) is 2.63. The van der Waals surface area contributed by atoms with Crippen molar-refractivity contribution in [2.24, 2.45) is 0 Å². The fourth-order valence-electron chi connectivity index (χ4n) is 2.63. The molecule has 4 heteroatoms. The average Bonchev–Trinajstić information content (AvgIpc) is 2.75. The van der Waals surface area contributed by atoms with E-state index in [1.807, 2.05) is 31.0 Å². The van der Waals surface area contributed by atoms with E-state index >= 15 is 0 Å². The Labute approximate surface area is 121 Å². The third kappa shape index (κ3) is 3.44. The molecule has 0 aromatic heterocycles. The highest BCUT2D eigenvalue weighted by molar-refractivity contribution is 5.74. The Balaban J connectivity index is 2.03. The number of nitrogens with zero attached hydrogens (tertiary/aromatic N) is 2. The van der Waals surface area contributed by atoms with Crippen molar-refractivity contribution in [3.8, 4) is 5.75 Å². The summed E-state index contributed by atoms with van der Waals surface area (Å²) in [5.74, 6) is 0.252. The van der Waals surface area contributed by atoms with Gasteiger partial charge in [0.2, 0.25) is 0 Å². The molecule has 0 saturated carbocycles. The van der Waals surface area contributed by atoms with E-state index < -0.39 is 0 Å². The van der Waals surface area contributed by atoms with E-state index in [1.54, 1.807) is 17.0 Å². The predicted molar refractivity (Wildman–Crippen MR) is 79.7 cm³/mol. The van der Waals surface area contributed by atoms with Crippen molar-refractivity contribution in [1.82, 2.24) is 9.80 Å². The summed E-state index contributed by atoms with van der Waals surface area (Å²) in [4.78, 5) is 16.3. The molecule has 0 radical (unpaired) electrons. The van der Waals surface area contributed by atoms with Crippen LogP contribution in [0.2, 0.25) is 0 Å². The van der Waals surface area contributed by atoms with Crippen molar-refractivity contribution >= 4 is 6.03 Å². The number of carbonyl (C=O) groups is 1. The van der Waals surface area contributed by atoms with Gasteiger partial charge in [0.1, 0.15) is 5.75 Å². The Morgan fingerprint density at radius 3 is 2.25 bits per heavy atom. The molecule has 1 heterocycles. The number of likely N-dealkylation sites (tertiary alicyclic amines) is 1. The topological polar surface area (TPSA) is 43.8 Å². The maximum Gasteiger partial charge on any atom is 0.320 e. The highest BCUT2D eigenvalue weighted by Gasteiger charge is 2.23. The largest absolute Gasteiger partial charge is 0.508 e. The minimum Gasteiger partial charge on any atom is -0.508 e. The van der Waals surface area contributed by atoms with Crippen LogP contribution >= 0.6 is 0 Å². The zero-order valence-electron chi connectivity index (χ0n) is 12.4. The van der Waals surface area contributed by atoms with Gasteiger partial charge in [0.25, 0.3) is 0 Å². The van der Waals surface area contributed by atoms with Crippen LogP contribution in [0.4, 0.5) is 4.79 Å². The number of carbonyl (C=O) groups excluding carboxylic acids is 1. The highest BCUT2D eigenvalue weighted by Crippen LogP contribution is 2.23. The summed E-state index contributed by atoms with van der Waals surface area (Å²) >= 11 is 0. The maximum atomic E-state index is 12.5. The van der Waals surface area contributed by atoms with Crippen molar-refractivity contribution < 1.29 is 9.90 Å². The van der Waals surface area contributed by atoms with Crippen LogP contribution in [0.3, 0.4) is 0 Å². The molecule has 4 nitrogen and oxygen atoms in total. The molecule has 0 spiro atoms. The quantitative estimate of drug-likeness (QED) is 0.900. The average molecular weight is 276 g/mol. The predicted octanol–water partition coefficient (Wildman–Crippen LogP) is 3.38. The van der Waals surface area contributed by atoms with Gasteiger partial charge in [-0.05, 0) is 37.5 Å². The molecule has 1 aliphatic rings. The number of phenolic OH excluding ortho intramolecular Hbond substituents is 1. The molecule has 1 saturated heterocycles. The zero-order chi connectivity index (χ0) is 14.5. The Kier molecular flexibility index (Phi) is 4.88. The number of hydrogen-bond acceptors (Lipinski definition) is 2. The lowest BCUT2D eigenvalue weighted by Crippen LogP contribution is -2.42. The first kappa shape index (κ1) is 14.7. The number of urea groups is 1. The summed E-state index contributed by atoms with van der Waals surface area (Å²) in [7, 11) is 1.85. The van der Waals surface area contributed by atoms with Crippen LogP contribution in [0.1, 0.15) is 44.2 Å². The number of benzene rings is 1. The van der Waals surface area contributed by atoms with Crippen LogP contribution in [0, 0.1) is 0 Å². The van der Waals surface area contributed by atoms with Gasteiger partial charge in [-0.1, -0.05) is 25.0 Å². The van der Waals surface area contributed by atoms with Crippen LogP contribution in [0.5, 0.6) is 5.75 Å². The number of amides is 2. The number of phenols is 1. The molecule has 2 amide bonds. The standard InChI is InChI=1S/C16H24N2O2/c1-13(14-7-9-15(19)10-8-14)17(2)16(20)18-11-5-3-4-6-12-18/h7-10,13,19H,3-6,11-12H2,1-2H3. The van der Waals surface area contributed by atoms with Gasteiger partial charge in [-0.2, -0.15) is 0 Å². The maximum absolute atomic E-state index is 12.5. The first-order chi connectivity index (χ1) is 9.59. The van der Waals surface area contributed by atoms with E-state index in [1.165, 1.54) is 12.8 Å². The van der Waals surface area contributed by atoms with Gasteiger partial charge in [-0.3, -0.25) is 0 Å². The SMILES string of the molecule is CC(c1ccc(O)cc1)N(C)C(=O)N1CCCCCC1. The summed E-state index contributed by atoms with van der Waals surface area (Å²) in [6.07, 6.45) is 4.66. The van der Waals surface area contributed by atoms with Crippen molar-refractivity contribution in [2.45, 2.75) is 38.6 Å². The van der Waals surface area contributed by atoms with Gasteiger partial charge < -0.3 is 14.9 Å². The zero-order valence-corrected chi connectivity index (χ0v) is 12.4. The van der Waals surface area contributed by atoms with Gasteiger partial charge in [0, 0.05) is 20.1 Å². The lowest BCUT2D eigenvalue weighted by Gasteiger charge is -2.31. The minimum atomic E-state index is 0.00588. The van der Waals surface area contributed by atoms with Crippen LogP contribution in [0.15, 0.2) is 24.3 Å². The normalized spacial score (nSPS) is 17.4. The molecule has 1 fully saturated rings. The van der Waals surface area contributed by atoms with Crippen LogP contribution in [0.25, 0.3) is 0 Å². The molecular weight excluding hydrogens is 252 g/mol. The summed E-state index contributed by atoms with van der Waals surface area (Å²) in [5, 5.41) is 9.33. The molecule has 1 atom stereocenters. The number of aromatic hydroxyl groups is 1. The van der Waals surface area contributed by atoms with Gasteiger partial charge in [-0.25, -0.2) is 4.79 Å². The van der Waals surface area contributed by atoms with E-state index in [0.29, 0.717) is 0 Å². The summed E-state index contributed by atoms with van der Waals surface area (Å²) in [5.41, 5.74) is 1.04. The van der Waals surface area contributed by atoms with Crippen LogP contribution < -0.4 is 0 Å². The van der Waals surface area contributed by atoms with Gasteiger partial charge in [-0.15, -0.1) is 0 Å². The van der Waals surface area contributed by atoms with E-state index in [-0.39, 0.29) is 17.8 Å². The Hall–Kier alpha value is -1.71. The monoisotopic (exact) mass is 276 g/mol. The van der Waals surface area contributed by atoms with Gasteiger partial charge in [0.05, 0.1) is 6.04 Å². The first-order valence-electron chi connectivity index (χ1n) is 7.40. The van der Waals surface area contributed by atoms with E-state index in [0.717, 1.165) is 31.5 Å². The first-order valence-corrected chi connectivity index (χ1v) is 7.40. The lowest BCUT2D eigenvalue weighted by molar-refractivity contribution is 0.151. The van der Waals surface area contributed by atoms with E-state index in [9.17, 15) is 9.90 Å². The second kappa shape index (κ2) is 6.64. The Morgan fingerprint density at radius 1 is 1.15 bits per heavy atom. The smallest absolute Gasteiger partial charge is 0.320 e. The molecule has 1 aromatic carbocycles. The van der Waals surface area contributed by atoms with Crippen molar-refractivity contribution in [3.63, 3.8) is 0 Å². The summed E-state index contributed by atoms with van der Waals surface area (Å²) in [6, 6.07) is 7.17. The molecule has 0 bridgehead atoms. The second-order valence-electron chi connectivity index (χ2n) is 5.56. The summed E-state index contributed by atoms with van der Waals surface area (Å²) in [6.45, 7) is 3.75. The lowest BCUT2D eigenvalue weighted by atomic mass is 10.1. The number of hydrogen-bond donors (Lipinski definition) is 1. The van der Waals surface area contributed by atoms with E-state index in [4.69, 9.17) is 0 Å². The molecule has 110 valence electrons. The molecule has 0 aliphatic carbocycles. The molecule has 1 N–H and O–H groups in total. The third-order valence-corrected chi connectivity index (χ3v) is 4.13. The van der Waals surface area contributed by atoms with Crippen molar-refractivity contribution in [3.05, 3.63) is 29.8 Å². The molecule has 1 aliphatic heterocycles. The summed E-state index contributed by atoms with van der Waals surface area (Å²) < 4.78 is 0. The molecule has 2 rings (SSSR count). The Bertz CT molecular complexity index is 436. The van der Waals surface area contributed by atoms with Gasteiger partial charge in [0.15, 0.2) is 0 Å². The van der Waals surface area contributed by atoms with Crippen molar-refractivity contribution in [1.29, 1.82) is 0 Å². The minimum absolute atomic E-state index is 0.00588. The Morgan fingerprint density at radius 2 is 1.70 bits per heavy atom.